The lowest BCUT2D eigenvalue weighted by atomic mass is 10.2. The molecule has 0 radical (unpaired) electrons. The summed E-state index contributed by atoms with van der Waals surface area (Å²) in [6.45, 7) is 8.23. The summed E-state index contributed by atoms with van der Waals surface area (Å²) in [6.07, 6.45) is 1.54. The number of likely N-dealkylation sites (tertiary alicyclic amines) is 1. The minimum Gasteiger partial charge on any atom is -0.496 e. The van der Waals surface area contributed by atoms with E-state index in [1.807, 2.05) is 39.8 Å². The van der Waals surface area contributed by atoms with Gasteiger partial charge in [0.05, 0.1) is 18.8 Å². The molecule has 10 heteroatoms. The number of hydrogen-bond acceptors (Lipinski definition) is 7. The number of carbonyl (C=O) groups is 1. The van der Waals surface area contributed by atoms with E-state index in [1.165, 1.54) is 10.9 Å². The van der Waals surface area contributed by atoms with E-state index in [1.54, 1.807) is 22.6 Å². The number of rotatable bonds is 3. The van der Waals surface area contributed by atoms with Crippen molar-refractivity contribution in [3.05, 3.63) is 40.6 Å². The van der Waals surface area contributed by atoms with Crippen LogP contribution in [0.5, 0.6) is 5.75 Å². The van der Waals surface area contributed by atoms with Gasteiger partial charge in [0.25, 0.3) is 0 Å². The van der Waals surface area contributed by atoms with E-state index in [9.17, 15) is 9.59 Å². The number of ether oxygens (including phenoxy) is 2. The third-order valence-electron chi connectivity index (χ3n) is 5.51. The minimum absolute atomic E-state index is 0.201. The van der Waals surface area contributed by atoms with Crippen LogP contribution in [-0.2, 0) is 4.74 Å². The molecule has 170 valence electrons. The Balaban J connectivity index is 1.80. The molecule has 0 spiro atoms. The van der Waals surface area contributed by atoms with Crippen LogP contribution in [-0.4, -0.2) is 55.9 Å². The van der Waals surface area contributed by atoms with E-state index in [2.05, 4.69) is 9.97 Å². The maximum Gasteiger partial charge on any atom is 0.410 e. The van der Waals surface area contributed by atoms with Crippen LogP contribution < -0.4 is 16.2 Å². The second-order valence-electron chi connectivity index (χ2n) is 8.94. The predicted molar refractivity (Wildman–Crippen MR) is 120 cm³/mol. The number of hydrogen-bond donors (Lipinski definition) is 1. The fourth-order valence-electron chi connectivity index (χ4n) is 4.03. The lowest BCUT2D eigenvalue weighted by Crippen LogP contribution is -2.36. The smallest absolute Gasteiger partial charge is 0.410 e. The van der Waals surface area contributed by atoms with Crippen molar-refractivity contribution in [2.45, 2.75) is 45.8 Å². The van der Waals surface area contributed by atoms with Gasteiger partial charge in [0, 0.05) is 19.2 Å². The molecule has 0 aliphatic carbocycles. The molecular formula is C22H28N6O4. The summed E-state index contributed by atoms with van der Waals surface area (Å²) >= 11 is 0. The average molecular weight is 441 g/mol. The number of nitrogen functional groups attached to an aromatic ring is 1. The summed E-state index contributed by atoms with van der Waals surface area (Å²) in [5.74, 6) is 0.857. The van der Waals surface area contributed by atoms with Crippen molar-refractivity contribution in [3.63, 3.8) is 0 Å². The number of amides is 1. The molecule has 1 fully saturated rings. The summed E-state index contributed by atoms with van der Waals surface area (Å²) in [6, 6.07) is 5.23. The van der Waals surface area contributed by atoms with Crippen LogP contribution in [0.1, 0.15) is 38.8 Å². The van der Waals surface area contributed by atoms with Crippen LogP contribution in [0.25, 0.3) is 16.9 Å². The van der Waals surface area contributed by atoms with E-state index in [4.69, 9.17) is 15.2 Å². The molecule has 1 aromatic carbocycles. The predicted octanol–water partition coefficient (Wildman–Crippen LogP) is 2.66. The monoisotopic (exact) mass is 440 g/mol. The van der Waals surface area contributed by atoms with E-state index < -0.39 is 11.7 Å². The third-order valence-corrected chi connectivity index (χ3v) is 5.51. The van der Waals surface area contributed by atoms with Crippen molar-refractivity contribution < 1.29 is 14.3 Å². The van der Waals surface area contributed by atoms with Gasteiger partial charge in [-0.05, 0) is 45.7 Å². The molecular weight excluding hydrogens is 412 g/mol. The normalized spacial score (nSPS) is 16.5. The summed E-state index contributed by atoms with van der Waals surface area (Å²) in [5, 5.41) is 0. The average Bonchev–Trinajstić information content (AvgIpc) is 3.30. The lowest BCUT2D eigenvalue weighted by Gasteiger charge is -2.24. The molecule has 0 saturated carbocycles. The van der Waals surface area contributed by atoms with E-state index in [-0.39, 0.29) is 17.5 Å². The van der Waals surface area contributed by atoms with Crippen LogP contribution in [0.3, 0.4) is 0 Å². The Morgan fingerprint density at radius 3 is 2.69 bits per heavy atom. The number of nitrogens with two attached hydrogens (primary N) is 1. The zero-order chi connectivity index (χ0) is 23.2. The summed E-state index contributed by atoms with van der Waals surface area (Å²) < 4.78 is 14.0. The largest absolute Gasteiger partial charge is 0.496 e. The fraction of sp³-hybridized carbons (Fsp3) is 0.455. The first-order chi connectivity index (χ1) is 15.1. The van der Waals surface area contributed by atoms with E-state index in [0.717, 1.165) is 5.56 Å². The van der Waals surface area contributed by atoms with Crippen molar-refractivity contribution >= 4 is 23.1 Å². The first-order valence-electron chi connectivity index (χ1n) is 10.5. The topological polar surface area (TPSA) is 118 Å². The molecule has 0 bridgehead atoms. The van der Waals surface area contributed by atoms with E-state index in [0.29, 0.717) is 42.1 Å². The van der Waals surface area contributed by atoms with Crippen LogP contribution in [0, 0.1) is 6.92 Å². The Labute approximate surface area is 185 Å². The van der Waals surface area contributed by atoms with Crippen molar-refractivity contribution in [3.8, 4) is 11.4 Å². The second kappa shape index (κ2) is 7.85. The van der Waals surface area contributed by atoms with Gasteiger partial charge in [0.15, 0.2) is 11.5 Å². The van der Waals surface area contributed by atoms with Crippen molar-refractivity contribution in [2.24, 2.45) is 0 Å². The first kappa shape index (κ1) is 21.7. The van der Waals surface area contributed by atoms with Crippen molar-refractivity contribution in [2.75, 3.05) is 25.9 Å². The molecule has 32 heavy (non-hydrogen) atoms. The molecule has 3 aromatic rings. The quantitative estimate of drug-likeness (QED) is 0.665. The molecule has 1 aliphatic rings. The molecule has 10 nitrogen and oxygen atoms in total. The highest BCUT2D eigenvalue weighted by Gasteiger charge is 2.34. The van der Waals surface area contributed by atoms with Crippen LogP contribution in [0.4, 0.5) is 10.6 Å². The SMILES string of the molecule is COc1cc(-n2c(=O)n([C@@H]3CCN(C(=O)OC(C)(C)C)C3)c3ncnc(N)c32)ccc1C. The standard InChI is InChI=1S/C22H28N6O4/c1-13-6-7-14(10-16(13)31-5)27-17-18(23)24-12-25-19(17)28(20(27)29)15-8-9-26(11-15)21(30)32-22(2,3)4/h6-7,10,12,15H,8-9,11H2,1-5H3,(H2,23,24,25)/t15-/m1/s1. The summed E-state index contributed by atoms with van der Waals surface area (Å²) in [7, 11) is 1.58. The Bertz CT molecular complexity index is 1240. The van der Waals surface area contributed by atoms with Gasteiger partial charge in [-0.25, -0.2) is 19.6 Å². The molecule has 3 heterocycles. The summed E-state index contributed by atoms with van der Waals surface area (Å²) in [5.41, 5.74) is 7.70. The molecule has 1 aliphatic heterocycles. The van der Waals surface area contributed by atoms with Gasteiger partial charge in [-0.15, -0.1) is 0 Å². The maximum atomic E-state index is 13.6. The molecule has 1 atom stereocenters. The van der Waals surface area contributed by atoms with Crippen molar-refractivity contribution in [1.29, 1.82) is 0 Å². The number of carbonyl (C=O) groups excluding carboxylic acids is 1. The van der Waals surface area contributed by atoms with Gasteiger partial charge in [-0.3, -0.25) is 9.13 Å². The Kier molecular flexibility index (Phi) is 5.31. The van der Waals surface area contributed by atoms with Gasteiger partial charge in [0.1, 0.15) is 23.2 Å². The van der Waals surface area contributed by atoms with Crippen LogP contribution in [0.2, 0.25) is 0 Å². The molecule has 0 unspecified atom stereocenters. The Morgan fingerprint density at radius 1 is 1.25 bits per heavy atom. The number of benzene rings is 1. The van der Waals surface area contributed by atoms with Gasteiger partial charge >= 0.3 is 11.8 Å². The molecule has 1 saturated heterocycles. The van der Waals surface area contributed by atoms with Gasteiger partial charge < -0.3 is 20.1 Å². The number of imidazole rings is 1. The Morgan fingerprint density at radius 2 is 2.00 bits per heavy atom. The second-order valence-corrected chi connectivity index (χ2v) is 8.94. The van der Waals surface area contributed by atoms with E-state index >= 15 is 0 Å². The number of fused-ring (bicyclic) bond motifs is 1. The Hall–Kier alpha value is -3.56. The van der Waals surface area contributed by atoms with Gasteiger partial charge in [0.2, 0.25) is 0 Å². The third kappa shape index (κ3) is 3.76. The van der Waals surface area contributed by atoms with Gasteiger partial charge in [-0.2, -0.15) is 0 Å². The highest BCUT2D eigenvalue weighted by molar-refractivity contribution is 5.84. The zero-order valence-corrected chi connectivity index (χ0v) is 19.0. The maximum absolute atomic E-state index is 13.6. The highest BCUT2D eigenvalue weighted by Crippen LogP contribution is 2.29. The number of nitrogens with zero attached hydrogens (tertiary/aromatic N) is 5. The fourth-order valence-corrected chi connectivity index (χ4v) is 4.03. The molecule has 2 N–H and O–H groups in total. The number of aryl methyl sites for hydroxylation is 1. The number of methoxy groups -OCH3 is 1. The zero-order valence-electron chi connectivity index (χ0n) is 19.0. The first-order valence-corrected chi connectivity index (χ1v) is 10.5. The minimum atomic E-state index is -0.589. The molecule has 1 amide bonds. The highest BCUT2D eigenvalue weighted by atomic mass is 16.6. The number of aromatic nitrogens is 4. The molecule has 2 aromatic heterocycles. The van der Waals surface area contributed by atoms with Crippen LogP contribution >= 0.6 is 0 Å². The molecule has 4 rings (SSSR count). The van der Waals surface area contributed by atoms with Crippen molar-refractivity contribution in [1.82, 2.24) is 24.0 Å². The lowest BCUT2D eigenvalue weighted by molar-refractivity contribution is 0.0289. The van der Waals surface area contributed by atoms with Crippen LogP contribution in [0.15, 0.2) is 29.3 Å². The number of anilines is 1. The van der Waals surface area contributed by atoms with Gasteiger partial charge in [-0.1, -0.05) is 6.07 Å². The summed E-state index contributed by atoms with van der Waals surface area (Å²) in [4.78, 5) is 36.2.